The van der Waals surface area contributed by atoms with Crippen LogP contribution < -0.4 is 10.3 Å². The number of rotatable bonds is 5. The molecule has 0 unspecified atom stereocenters. The van der Waals surface area contributed by atoms with Gasteiger partial charge in [-0.25, -0.2) is 0 Å². The van der Waals surface area contributed by atoms with Gasteiger partial charge in [0.2, 0.25) is 0 Å². The van der Waals surface area contributed by atoms with Gasteiger partial charge in [0.15, 0.2) is 6.61 Å². The molecule has 1 fully saturated rings. The molecule has 0 atom stereocenters. The van der Waals surface area contributed by atoms with E-state index < -0.39 is 0 Å². The maximum Gasteiger partial charge on any atom is 0.260 e. The average molecular weight is 342 g/mol. The SMILES string of the molecule is CCCn1ccc2c(OCC(=O)N3CCCCCC3)cccc2c1=O. The number of hydrogen-bond donors (Lipinski definition) is 0. The summed E-state index contributed by atoms with van der Waals surface area (Å²) in [6, 6.07) is 7.35. The Morgan fingerprint density at radius 3 is 2.56 bits per heavy atom. The number of benzene rings is 1. The van der Waals surface area contributed by atoms with Gasteiger partial charge in [-0.15, -0.1) is 0 Å². The van der Waals surface area contributed by atoms with E-state index in [1.165, 1.54) is 12.8 Å². The van der Waals surface area contributed by atoms with E-state index in [2.05, 4.69) is 0 Å². The van der Waals surface area contributed by atoms with Crippen molar-refractivity contribution in [1.82, 2.24) is 9.47 Å². The molecule has 134 valence electrons. The quantitative estimate of drug-likeness (QED) is 0.838. The van der Waals surface area contributed by atoms with E-state index in [1.54, 1.807) is 10.8 Å². The van der Waals surface area contributed by atoms with Crippen LogP contribution in [0.2, 0.25) is 0 Å². The molecule has 1 aliphatic heterocycles. The van der Waals surface area contributed by atoms with E-state index in [1.807, 2.05) is 36.1 Å². The molecule has 1 aromatic heterocycles. The van der Waals surface area contributed by atoms with Gasteiger partial charge in [0.25, 0.3) is 11.5 Å². The van der Waals surface area contributed by atoms with Gasteiger partial charge in [0.1, 0.15) is 5.75 Å². The molecule has 2 heterocycles. The minimum Gasteiger partial charge on any atom is -0.483 e. The van der Waals surface area contributed by atoms with Crippen LogP contribution in [-0.4, -0.2) is 35.1 Å². The van der Waals surface area contributed by atoms with Crippen LogP contribution in [0.3, 0.4) is 0 Å². The number of aryl methyl sites for hydroxylation is 1. The lowest BCUT2D eigenvalue weighted by Gasteiger charge is -2.20. The lowest BCUT2D eigenvalue weighted by Crippen LogP contribution is -2.35. The van der Waals surface area contributed by atoms with Gasteiger partial charge in [-0.05, 0) is 37.5 Å². The topological polar surface area (TPSA) is 51.5 Å². The zero-order valence-corrected chi connectivity index (χ0v) is 14.9. The molecule has 0 radical (unpaired) electrons. The molecule has 0 bridgehead atoms. The molecule has 5 nitrogen and oxygen atoms in total. The number of aromatic nitrogens is 1. The first kappa shape index (κ1) is 17.5. The van der Waals surface area contributed by atoms with Crippen molar-refractivity contribution < 1.29 is 9.53 Å². The summed E-state index contributed by atoms with van der Waals surface area (Å²) >= 11 is 0. The molecule has 1 aromatic carbocycles. The molecule has 1 aliphatic rings. The monoisotopic (exact) mass is 342 g/mol. The third-order valence-corrected chi connectivity index (χ3v) is 4.75. The molecule has 1 amide bonds. The van der Waals surface area contributed by atoms with Crippen molar-refractivity contribution in [3.63, 3.8) is 0 Å². The maximum absolute atomic E-state index is 12.5. The third kappa shape index (κ3) is 4.03. The number of likely N-dealkylation sites (tertiary alicyclic amines) is 1. The van der Waals surface area contributed by atoms with Crippen LogP contribution in [0.1, 0.15) is 39.0 Å². The Morgan fingerprint density at radius 1 is 1.08 bits per heavy atom. The molecule has 0 saturated carbocycles. The first-order valence-corrected chi connectivity index (χ1v) is 9.23. The minimum absolute atomic E-state index is 0.0105. The molecule has 25 heavy (non-hydrogen) atoms. The van der Waals surface area contributed by atoms with Crippen molar-refractivity contribution in [1.29, 1.82) is 0 Å². The van der Waals surface area contributed by atoms with Crippen molar-refractivity contribution in [3.8, 4) is 5.75 Å². The van der Waals surface area contributed by atoms with Gasteiger partial charge >= 0.3 is 0 Å². The second-order valence-electron chi connectivity index (χ2n) is 6.62. The first-order valence-electron chi connectivity index (χ1n) is 9.23. The smallest absolute Gasteiger partial charge is 0.260 e. The molecule has 0 N–H and O–H groups in total. The maximum atomic E-state index is 12.5. The highest BCUT2D eigenvalue weighted by Gasteiger charge is 2.16. The third-order valence-electron chi connectivity index (χ3n) is 4.75. The number of pyridine rings is 1. The molecule has 5 heteroatoms. The van der Waals surface area contributed by atoms with Gasteiger partial charge in [-0.2, -0.15) is 0 Å². The molecule has 1 saturated heterocycles. The first-order chi connectivity index (χ1) is 12.2. The average Bonchev–Trinajstić information content (AvgIpc) is 2.92. The molecular formula is C20H26N2O3. The van der Waals surface area contributed by atoms with Crippen LogP contribution in [0.25, 0.3) is 10.8 Å². The summed E-state index contributed by atoms with van der Waals surface area (Å²) in [5.74, 6) is 0.625. The zero-order valence-electron chi connectivity index (χ0n) is 14.9. The predicted molar refractivity (Wildman–Crippen MR) is 99.0 cm³/mol. The number of nitrogens with zero attached hydrogens (tertiary/aromatic N) is 2. The molecule has 0 spiro atoms. The van der Waals surface area contributed by atoms with E-state index in [0.717, 1.165) is 37.7 Å². The number of carbonyl (C=O) groups is 1. The van der Waals surface area contributed by atoms with E-state index in [-0.39, 0.29) is 18.1 Å². The molecule has 2 aromatic rings. The summed E-state index contributed by atoms with van der Waals surface area (Å²) in [5.41, 5.74) is -0.0105. The Labute approximate surface area is 148 Å². The molecule has 3 rings (SSSR count). The largest absolute Gasteiger partial charge is 0.483 e. The second-order valence-corrected chi connectivity index (χ2v) is 6.62. The van der Waals surface area contributed by atoms with E-state index >= 15 is 0 Å². The molecule has 0 aliphatic carbocycles. The summed E-state index contributed by atoms with van der Waals surface area (Å²) in [7, 11) is 0. The number of carbonyl (C=O) groups excluding carboxylic acids is 1. The van der Waals surface area contributed by atoms with Gasteiger partial charge in [0.05, 0.1) is 5.39 Å². The standard InChI is InChI=1S/C20H26N2O3/c1-2-11-22-14-10-16-17(20(22)24)8-7-9-18(16)25-15-19(23)21-12-5-3-4-6-13-21/h7-10,14H,2-6,11-13,15H2,1H3. The highest BCUT2D eigenvalue weighted by molar-refractivity contribution is 5.88. The number of fused-ring (bicyclic) bond motifs is 1. The fourth-order valence-electron chi connectivity index (χ4n) is 3.38. The Kier molecular flexibility index (Phi) is 5.74. The molecular weight excluding hydrogens is 316 g/mol. The van der Waals surface area contributed by atoms with Crippen LogP contribution >= 0.6 is 0 Å². The van der Waals surface area contributed by atoms with Gasteiger partial charge in [0, 0.05) is 31.2 Å². The van der Waals surface area contributed by atoms with Crippen LogP contribution in [0.15, 0.2) is 35.3 Å². The van der Waals surface area contributed by atoms with Crippen molar-refractivity contribution in [2.24, 2.45) is 0 Å². The summed E-state index contributed by atoms with van der Waals surface area (Å²) in [5, 5.41) is 1.40. The van der Waals surface area contributed by atoms with Gasteiger partial charge in [-0.3, -0.25) is 9.59 Å². The van der Waals surface area contributed by atoms with Crippen LogP contribution in [-0.2, 0) is 11.3 Å². The van der Waals surface area contributed by atoms with E-state index in [4.69, 9.17) is 4.74 Å². The Morgan fingerprint density at radius 2 is 1.84 bits per heavy atom. The normalized spacial score (nSPS) is 15.2. The van der Waals surface area contributed by atoms with Gasteiger partial charge in [-0.1, -0.05) is 25.8 Å². The highest BCUT2D eigenvalue weighted by Crippen LogP contribution is 2.23. The van der Waals surface area contributed by atoms with Crippen molar-refractivity contribution >= 4 is 16.7 Å². The number of amides is 1. The van der Waals surface area contributed by atoms with Crippen molar-refractivity contribution in [2.75, 3.05) is 19.7 Å². The fraction of sp³-hybridized carbons (Fsp3) is 0.500. The lowest BCUT2D eigenvalue weighted by atomic mass is 10.1. The van der Waals surface area contributed by atoms with Gasteiger partial charge < -0.3 is 14.2 Å². The number of ether oxygens (including phenoxy) is 1. The van der Waals surface area contributed by atoms with E-state index in [9.17, 15) is 9.59 Å². The fourth-order valence-corrected chi connectivity index (χ4v) is 3.38. The Hall–Kier alpha value is -2.30. The zero-order chi connectivity index (χ0) is 17.6. The Balaban J connectivity index is 1.76. The van der Waals surface area contributed by atoms with Crippen LogP contribution in [0.4, 0.5) is 0 Å². The van der Waals surface area contributed by atoms with Crippen LogP contribution in [0.5, 0.6) is 5.75 Å². The van der Waals surface area contributed by atoms with Crippen LogP contribution in [0, 0.1) is 0 Å². The highest BCUT2D eigenvalue weighted by atomic mass is 16.5. The summed E-state index contributed by atoms with van der Waals surface area (Å²) < 4.78 is 7.51. The van der Waals surface area contributed by atoms with E-state index in [0.29, 0.717) is 17.7 Å². The number of hydrogen-bond acceptors (Lipinski definition) is 3. The van der Waals surface area contributed by atoms with Crippen molar-refractivity contribution in [3.05, 3.63) is 40.8 Å². The summed E-state index contributed by atoms with van der Waals surface area (Å²) in [6.45, 7) is 4.41. The lowest BCUT2D eigenvalue weighted by molar-refractivity contribution is -0.133. The summed E-state index contributed by atoms with van der Waals surface area (Å²) in [6.07, 6.45) is 7.23. The minimum atomic E-state index is -0.0105. The predicted octanol–water partition coefficient (Wildman–Crippen LogP) is 3.19. The summed E-state index contributed by atoms with van der Waals surface area (Å²) in [4.78, 5) is 26.8. The van der Waals surface area contributed by atoms with Crippen molar-refractivity contribution in [2.45, 2.75) is 45.6 Å². The Bertz CT molecular complexity index is 789. The second kappa shape index (κ2) is 8.19.